The summed E-state index contributed by atoms with van der Waals surface area (Å²) in [6.07, 6.45) is 1.76. The average molecular weight is 401 g/mol. The van der Waals surface area contributed by atoms with Crippen LogP contribution < -0.4 is 10.2 Å². The minimum Gasteiger partial charge on any atom is -0.497 e. The van der Waals surface area contributed by atoms with Gasteiger partial charge in [0.1, 0.15) is 5.75 Å². The molecule has 0 unspecified atom stereocenters. The molecular formula is C20H23N3O4S. The van der Waals surface area contributed by atoms with Crippen LogP contribution in [0.25, 0.3) is 0 Å². The van der Waals surface area contributed by atoms with Crippen molar-refractivity contribution in [2.75, 3.05) is 20.2 Å². The molecule has 2 aromatic carbocycles. The van der Waals surface area contributed by atoms with E-state index in [0.29, 0.717) is 30.1 Å². The van der Waals surface area contributed by atoms with Crippen LogP contribution in [0.5, 0.6) is 5.75 Å². The fourth-order valence-corrected chi connectivity index (χ4v) is 4.48. The molecule has 1 heterocycles. The maximum Gasteiger partial charge on any atom is 0.271 e. The van der Waals surface area contributed by atoms with Gasteiger partial charge in [0.2, 0.25) is 10.0 Å². The van der Waals surface area contributed by atoms with Gasteiger partial charge in [-0.1, -0.05) is 12.1 Å². The Morgan fingerprint density at radius 3 is 2.39 bits per heavy atom. The fraction of sp³-hybridized carbons (Fsp3) is 0.300. The Hall–Kier alpha value is -2.71. The van der Waals surface area contributed by atoms with Gasteiger partial charge in [0.25, 0.3) is 5.91 Å². The maximum absolute atomic E-state index is 12.5. The molecule has 1 fully saturated rings. The van der Waals surface area contributed by atoms with E-state index >= 15 is 0 Å². The summed E-state index contributed by atoms with van der Waals surface area (Å²) in [5, 5.41) is 4.12. The van der Waals surface area contributed by atoms with E-state index in [1.807, 2.05) is 24.3 Å². The van der Waals surface area contributed by atoms with Crippen LogP contribution in [0, 0.1) is 0 Å². The monoisotopic (exact) mass is 401 g/mol. The first-order valence-corrected chi connectivity index (χ1v) is 10.4. The second-order valence-electron chi connectivity index (χ2n) is 6.51. The van der Waals surface area contributed by atoms with Gasteiger partial charge in [0, 0.05) is 24.2 Å². The lowest BCUT2D eigenvalue weighted by Gasteiger charge is -2.15. The zero-order valence-electron chi connectivity index (χ0n) is 15.9. The Morgan fingerprint density at radius 2 is 1.75 bits per heavy atom. The number of amides is 1. The van der Waals surface area contributed by atoms with Gasteiger partial charge in [0.05, 0.1) is 17.7 Å². The molecule has 7 nitrogen and oxygen atoms in total. The Morgan fingerprint density at radius 1 is 1.07 bits per heavy atom. The van der Waals surface area contributed by atoms with Gasteiger partial charge in [-0.15, -0.1) is 0 Å². The third kappa shape index (κ3) is 4.40. The highest BCUT2D eigenvalue weighted by Crippen LogP contribution is 2.21. The molecular weight excluding hydrogens is 378 g/mol. The van der Waals surface area contributed by atoms with Crippen molar-refractivity contribution in [3.63, 3.8) is 0 Å². The van der Waals surface area contributed by atoms with E-state index < -0.39 is 15.9 Å². The normalized spacial score (nSPS) is 15.4. The smallest absolute Gasteiger partial charge is 0.271 e. The molecule has 1 aliphatic rings. The first-order chi connectivity index (χ1) is 13.4. The van der Waals surface area contributed by atoms with Crippen molar-refractivity contribution in [2.45, 2.75) is 24.7 Å². The van der Waals surface area contributed by atoms with Crippen molar-refractivity contribution in [3.05, 3.63) is 59.7 Å². The number of carbonyl (C=O) groups excluding carboxylic acids is 1. The van der Waals surface area contributed by atoms with Gasteiger partial charge in [-0.05, 0) is 56.2 Å². The van der Waals surface area contributed by atoms with Crippen LogP contribution in [-0.2, 0) is 10.0 Å². The summed E-state index contributed by atoms with van der Waals surface area (Å²) in [5.41, 5.74) is 4.28. The Bertz CT molecular complexity index is 979. The molecule has 0 radical (unpaired) electrons. The van der Waals surface area contributed by atoms with E-state index in [2.05, 4.69) is 10.5 Å². The number of sulfonamides is 1. The summed E-state index contributed by atoms with van der Waals surface area (Å²) in [6, 6.07) is 13.3. The minimum atomic E-state index is -3.49. The summed E-state index contributed by atoms with van der Waals surface area (Å²) in [6.45, 7) is 2.87. The van der Waals surface area contributed by atoms with Crippen LogP contribution in [0.2, 0.25) is 0 Å². The van der Waals surface area contributed by atoms with Crippen LogP contribution in [0.1, 0.15) is 35.7 Å². The van der Waals surface area contributed by atoms with Gasteiger partial charge in [-0.2, -0.15) is 9.41 Å². The van der Waals surface area contributed by atoms with Crippen molar-refractivity contribution in [3.8, 4) is 5.75 Å². The minimum absolute atomic E-state index is 0.196. The number of methoxy groups -OCH3 is 1. The average Bonchev–Trinajstić information content (AvgIpc) is 3.27. The van der Waals surface area contributed by atoms with Gasteiger partial charge in [0.15, 0.2) is 0 Å². The number of ether oxygens (including phenoxy) is 1. The van der Waals surface area contributed by atoms with E-state index in [1.54, 1.807) is 14.0 Å². The molecule has 1 saturated heterocycles. The fourth-order valence-electron chi connectivity index (χ4n) is 2.97. The lowest BCUT2D eigenvalue weighted by atomic mass is 10.1. The molecule has 0 spiro atoms. The zero-order chi connectivity index (χ0) is 20.1. The van der Waals surface area contributed by atoms with Crippen molar-refractivity contribution in [2.24, 2.45) is 5.10 Å². The lowest BCUT2D eigenvalue weighted by molar-refractivity contribution is 0.0954. The topological polar surface area (TPSA) is 88.1 Å². The molecule has 1 aliphatic heterocycles. The van der Waals surface area contributed by atoms with E-state index in [0.717, 1.165) is 18.4 Å². The van der Waals surface area contributed by atoms with Gasteiger partial charge in [-0.25, -0.2) is 13.8 Å². The first kappa shape index (κ1) is 20.0. The number of nitrogens with zero attached hydrogens (tertiary/aromatic N) is 2. The number of rotatable bonds is 6. The maximum atomic E-state index is 12.5. The van der Waals surface area contributed by atoms with Crippen LogP contribution in [-0.4, -0.2) is 44.5 Å². The van der Waals surface area contributed by atoms with E-state index in [1.165, 1.54) is 28.6 Å². The highest BCUT2D eigenvalue weighted by molar-refractivity contribution is 7.89. The number of benzene rings is 2. The molecule has 0 aliphatic carbocycles. The Labute approximate surface area is 165 Å². The van der Waals surface area contributed by atoms with Gasteiger partial charge < -0.3 is 4.74 Å². The van der Waals surface area contributed by atoms with E-state index in [-0.39, 0.29) is 4.90 Å². The third-order valence-corrected chi connectivity index (χ3v) is 6.54. The van der Waals surface area contributed by atoms with E-state index in [9.17, 15) is 13.2 Å². The highest BCUT2D eigenvalue weighted by Gasteiger charge is 2.27. The van der Waals surface area contributed by atoms with Crippen LogP contribution >= 0.6 is 0 Å². The first-order valence-electron chi connectivity index (χ1n) is 9.01. The third-order valence-electron chi connectivity index (χ3n) is 4.63. The van der Waals surface area contributed by atoms with Crippen molar-refractivity contribution >= 4 is 21.6 Å². The Balaban J connectivity index is 1.69. The van der Waals surface area contributed by atoms with Gasteiger partial charge in [-0.3, -0.25) is 4.79 Å². The molecule has 28 heavy (non-hydrogen) atoms. The second-order valence-corrected chi connectivity index (χ2v) is 8.44. The molecule has 2 aromatic rings. The van der Waals surface area contributed by atoms with Crippen molar-refractivity contribution < 1.29 is 17.9 Å². The van der Waals surface area contributed by atoms with Crippen LogP contribution in [0.15, 0.2) is 58.5 Å². The predicted octanol–water partition coefficient (Wildman–Crippen LogP) is 2.63. The lowest BCUT2D eigenvalue weighted by Crippen LogP contribution is -2.28. The summed E-state index contributed by atoms with van der Waals surface area (Å²) in [5.74, 6) is 0.292. The SMILES string of the molecule is COc1cccc(/C(C)=N\NC(=O)c2ccc(S(=O)(=O)N3CCCC3)cc2)c1. The molecule has 0 atom stereocenters. The Kier molecular flexibility index (Phi) is 6.11. The quantitative estimate of drug-likeness (QED) is 0.595. The standard InChI is InChI=1S/C20H23N3O4S/c1-15(17-6-5-7-18(14-17)27-2)21-22-20(24)16-8-10-19(11-9-16)28(25,26)23-12-3-4-13-23/h5-11,14H,3-4,12-13H2,1-2H3,(H,22,24)/b21-15-. The molecule has 1 N–H and O–H groups in total. The second kappa shape index (κ2) is 8.53. The zero-order valence-corrected chi connectivity index (χ0v) is 16.7. The number of hydrogen-bond donors (Lipinski definition) is 1. The molecule has 8 heteroatoms. The largest absolute Gasteiger partial charge is 0.497 e. The van der Waals surface area contributed by atoms with Gasteiger partial charge >= 0.3 is 0 Å². The summed E-state index contributed by atoms with van der Waals surface area (Å²) in [7, 11) is -1.90. The number of hydrogen-bond acceptors (Lipinski definition) is 5. The molecule has 0 bridgehead atoms. The van der Waals surface area contributed by atoms with Crippen molar-refractivity contribution in [1.29, 1.82) is 0 Å². The van der Waals surface area contributed by atoms with Crippen LogP contribution in [0.4, 0.5) is 0 Å². The molecule has 1 amide bonds. The van der Waals surface area contributed by atoms with Crippen molar-refractivity contribution in [1.82, 2.24) is 9.73 Å². The van der Waals surface area contributed by atoms with Crippen LogP contribution in [0.3, 0.4) is 0 Å². The highest BCUT2D eigenvalue weighted by atomic mass is 32.2. The summed E-state index contributed by atoms with van der Waals surface area (Å²) < 4.78 is 31.7. The summed E-state index contributed by atoms with van der Waals surface area (Å²) >= 11 is 0. The predicted molar refractivity (Wildman–Crippen MR) is 107 cm³/mol. The number of nitrogens with one attached hydrogen (secondary N) is 1. The molecule has 0 aromatic heterocycles. The van der Waals surface area contributed by atoms with E-state index in [4.69, 9.17) is 4.74 Å². The number of carbonyl (C=O) groups is 1. The molecule has 0 saturated carbocycles. The number of hydrazone groups is 1. The molecule has 148 valence electrons. The summed E-state index contributed by atoms with van der Waals surface area (Å²) in [4.78, 5) is 12.5. The molecule has 3 rings (SSSR count).